The molecular weight excluding hydrogens is 174 g/mol. The van der Waals surface area contributed by atoms with Crippen LogP contribution in [0.25, 0.3) is 0 Å². The van der Waals surface area contributed by atoms with Crippen LogP contribution in [-0.4, -0.2) is 23.8 Å². The molecule has 76 valence electrons. The highest BCUT2D eigenvalue weighted by molar-refractivity contribution is 5.26. The van der Waals surface area contributed by atoms with Crippen LogP contribution in [0.15, 0.2) is 24.3 Å². The number of rotatable bonds is 3. The molecule has 2 unspecified atom stereocenters. The van der Waals surface area contributed by atoms with Gasteiger partial charge in [-0.1, -0.05) is 24.3 Å². The normalized spacial score (nSPS) is 22.9. The molecular formula is C12H17NO. The van der Waals surface area contributed by atoms with Crippen LogP contribution >= 0.6 is 0 Å². The second-order valence-corrected chi connectivity index (χ2v) is 4.05. The summed E-state index contributed by atoms with van der Waals surface area (Å²) in [5.74, 6) is 0. The predicted molar refractivity (Wildman–Crippen MR) is 57.3 cm³/mol. The molecule has 0 amide bonds. The molecule has 2 nitrogen and oxygen atoms in total. The van der Waals surface area contributed by atoms with Crippen molar-refractivity contribution in [1.29, 1.82) is 0 Å². The Balaban J connectivity index is 1.99. The fourth-order valence-corrected chi connectivity index (χ4v) is 1.85. The van der Waals surface area contributed by atoms with Crippen LogP contribution in [0, 0.1) is 6.92 Å². The Bertz CT molecular complexity index is 307. The molecule has 1 aromatic rings. The Morgan fingerprint density at radius 1 is 1.50 bits per heavy atom. The lowest BCUT2D eigenvalue weighted by Crippen LogP contribution is -2.51. The summed E-state index contributed by atoms with van der Waals surface area (Å²) in [6.07, 6.45) is 1.64. The monoisotopic (exact) mass is 191 g/mol. The number of hydrogen-bond acceptors (Lipinski definition) is 2. The van der Waals surface area contributed by atoms with Crippen molar-refractivity contribution in [1.82, 2.24) is 5.32 Å². The minimum absolute atomic E-state index is 0.232. The highest BCUT2D eigenvalue weighted by atomic mass is 16.3. The molecule has 14 heavy (non-hydrogen) atoms. The quantitative estimate of drug-likeness (QED) is 0.754. The summed E-state index contributed by atoms with van der Waals surface area (Å²) >= 11 is 0. The topological polar surface area (TPSA) is 32.3 Å². The standard InChI is InChI=1S/C12H17NO/c1-9-4-2-3-5-10(9)8-12(14)11-6-7-13-11/h2-5,11-14H,6-8H2,1H3. The number of nitrogens with one attached hydrogen (secondary N) is 1. The highest BCUT2D eigenvalue weighted by Crippen LogP contribution is 2.15. The van der Waals surface area contributed by atoms with Gasteiger partial charge >= 0.3 is 0 Å². The molecule has 1 aliphatic rings. The van der Waals surface area contributed by atoms with E-state index in [0.717, 1.165) is 19.4 Å². The van der Waals surface area contributed by atoms with Gasteiger partial charge in [0, 0.05) is 12.5 Å². The van der Waals surface area contributed by atoms with E-state index in [-0.39, 0.29) is 6.10 Å². The van der Waals surface area contributed by atoms with Crippen LogP contribution in [0.2, 0.25) is 0 Å². The molecule has 0 spiro atoms. The van der Waals surface area contributed by atoms with Crippen LogP contribution in [0.4, 0.5) is 0 Å². The maximum Gasteiger partial charge on any atom is 0.0734 e. The molecule has 1 aliphatic heterocycles. The second-order valence-electron chi connectivity index (χ2n) is 4.05. The third-order valence-corrected chi connectivity index (χ3v) is 3.02. The minimum atomic E-state index is -0.232. The first-order chi connectivity index (χ1) is 6.77. The Hall–Kier alpha value is -0.860. The number of aliphatic hydroxyl groups excluding tert-OH is 1. The van der Waals surface area contributed by atoms with E-state index >= 15 is 0 Å². The van der Waals surface area contributed by atoms with E-state index in [1.807, 2.05) is 12.1 Å². The van der Waals surface area contributed by atoms with Crippen molar-refractivity contribution in [3.8, 4) is 0 Å². The SMILES string of the molecule is Cc1ccccc1CC(O)C1CCN1. The molecule has 1 heterocycles. The van der Waals surface area contributed by atoms with Gasteiger partial charge in [0.05, 0.1) is 6.10 Å². The van der Waals surface area contributed by atoms with Gasteiger partial charge in [-0.25, -0.2) is 0 Å². The van der Waals surface area contributed by atoms with E-state index in [1.165, 1.54) is 11.1 Å². The molecule has 2 rings (SSSR count). The largest absolute Gasteiger partial charge is 0.391 e. The first kappa shape index (κ1) is 9.69. The molecule has 2 atom stereocenters. The fourth-order valence-electron chi connectivity index (χ4n) is 1.85. The van der Waals surface area contributed by atoms with Gasteiger partial charge in [0.25, 0.3) is 0 Å². The van der Waals surface area contributed by atoms with Crippen LogP contribution in [-0.2, 0) is 6.42 Å². The number of hydrogen-bond donors (Lipinski definition) is 2. The Kier molecular flexibility index (Phi) is 2.85. The van der Waals surface area contributed by atoms with Crippen LogP contribution < -0.4 is 5.32 Å². The minimum Gasteiger partial charge on any atom is -0.391 e. The average molecular weight is 191 g/mol. The number of benzene rings is 1. The van der Waals surface area contributed by atoms with Crippen molar-refractivity contribution in [2.45, 2.75) is 31.9 Å². The summed E-state index contributed by atoms with van der Waals surface area (Å²) < 4.78 is 0. The smallest absolute Gasteiger partial charge is 0.0734 e. The van der Waals surface area contributed by atoms with E-state index in [0.29, 0.717) is 6.04 Å². The van der Waals surface area contributed by atoms with E-state index in [1.54, 1.807) is 0 Å². The van der Waals surface area contributed by atoms with Crippen LogP contribution in [0.1, 0.15) is 17.5 Å². The Morgan fingerprint density at radius 2 is 2.21 bits per heavy atom. The van der Waals surface area contributed by atoms with Gasteiger partial charge in [0.1, 0.15) is 0 Å². The Morgan fingerprint density at radius 3 is 2.79 bits per heavy atom. The van der Waals surface area contributed by atoms with Crippen molar-refractivity contribution >= 4 is 0 Å². The molecule has 0 aromatic heterocycles. The van der Waals surface area contributed by atoms with Gasteiger partial charge in [0.2, 0.25) is 0 Å². The predicted octanol–water partition coefficient (Wildman–Crippen LogP) is 1.26. The molecule has 0 aliphatic carbocycles. The van der Waals surface area contributed by atoms with E-state index < -0.39 is 0 Å². The second kappa shape index (κ2) is 4.11. The first-order valence-corrected chi connectivity index (χ1v) is 5.23. The van der Waals surface area contributed by atoms with Gasteiger partial charge in [0.15, 0.2) is 0 Å². The summed E-state index contributed by atoms with van der Waals surface area (Å²) in [6, 6.07) is 8.57. The average Bonchev–Trinajstić information content (AvgIpc) is 2.05. The summed E-state index contributed by atoms with van der Waals surface area (Å²) in [5.41, 5.74) is 2.53. The zero-order valence-corrected chi connectivity index (χ0v) is 8.53. The van der Waals surface area contributed by atoms with Gasteiger partial charge in [-0.15, -0.1) is 0 Å². The summed E-state index contributed by atoms with van der Waals surface area (Å²) in [7, 11) is 0. The zero-order valence-electron chi connectivity index (χ0n) is 8.53. The lowest BCUT2D eigenvalue weighted by atomic mass is 9.93. The van der Waals surface area contributed by atoms with Crippen LogP contribution in [0.5, 0.6) is 0 Å². The maximum absolute atomic E-state index is 9.88. The van der Waals surface area contributed by atoms with E-state index in [2.05, 4.69) is 24.4 Å². The van der Waals surface area contributed by atoms with Crippen molar-refractivity contribution in [2.75, 3.05) is 6.54 Å². The van der Waals surface area contributed by atoms with Gasteiger partial charge in [-0.2, -0.15) is 0 Å². The molecule has 1 saturated heterocycles. The number of aryl methyl sites for hydroxylation is 1. The molecule has 2 heteroatoms. The molecule has 1 aromatic carbocycles. The third kappa shape index (κ3) is 1.97. The first-order valence-electron chi connectivity index (χ1n) is 5.23. The van der Waals surface area contributed by atoms with Gasteiger partial charge in [-0.3, -0.25) is 0 Å². The lowest BCUT2D eigenvalue weighted by Gasteiger charge is -2.32. The fraction of sp³-hybridized carbons (Fsp3) is 0.500. The zero-order chi connectivity index (χ0) is 9.97. The van der Waals surface area contributed by atoms with E-state index in [9.17, 15) is 5.11 Å². The molecule has 1 fully saturated rings. The van der Waals surface area contributed by atoms with Crippen molar-refractivity contribution < 1.29 is 5.11 Å². The van der Waals surface area contributed by atoms with Gasteiger partial charge in [-0.05, 0) is 31.0 Å². The molecule has 0 radical (unpaired) electrons. The molecule has 0 bridgehead atoms. The Labute approximate surface area is 85.0 Å². The van der Waals surface area contributed by atoms with Crippen LogP contribution in [0.3, 0.4) is 0 Å². The summed E-state index contributed by atoms with van der Waals surface area (Å²) in [4.78, 5) is 0. The molecule has 2 N–H and O–H groups in total. The summed E-state index contributed by atoms with van der Waals surface area (Å²) in [5, 5.41) is 13.1. The lowest BCUT2D eigenvalue weighted by molar-refractivity contribution is 0.0954. The van der Waals surface area contributed by atoms with Crippen molar-refractivity contribution in [3.63, 3.8) is 0 Å². The summed E-state index contributed by atoms with van der Waals surface area (Å²) in [6.45, 7) is 3.14. The molecule has 0 saturated carbocycles. The van der Waals surface area contributed by atoms with E-state index in [4.69, 9.17) is 0 Å². The van der Waals surface area contributed by atoms with Crippen molar-refractivity contribution in [3.05, 3.63) is 35.4 Å². The third-order valence-electron chi connectivity index (χ3n) is 3.02. The highest BCUT2D eigenvalue weighted by Gasteiger charge is 2.24. The van der Waals surface area contributed by atoms with Crippen molar-refractivity contribution in [2.24, 2.45) is 0 Å². The maximum atomic E-state index is 9.88. The number of aliphatic hydroxyl groups is 1. The van der Waals surface area contributed by atoms with Gasteiger partial charge < -0.3 is 10.4 Å².